The standard InChI is InChI=1S/C10H16N4O3/c1-8(9(15)16)7-12-10(17)11-4-6-14-5-2-3-13-14/h2-3,5,8H,4,6-7H2,1H3,(H,15,16)(H2,11,12,17). The molecule has 0 aliphatic heterocycles. The quantitative estimate of drug-likeness (QED) is 0.647. The molecular formula is C10H16N4O3. The highest BCUT2D eigenvalue weighted by Gasteiger charge is 2.11. The largest absolute Gasteiger partial charge is 0.481 e. The van der Waals surface area contributed by atoms with Gasteiger partial charge in [0.05, 0.1) is 12.5 Å². The number of carboxylic acid groups (broad SMARTS) is 1. The number of nitrogens with zero attached hydrogens (tertiary/aromatic N) is 2. The number of rotatable bonds is 6. The van der Waals surface area contributed by atoms with Crippen molar-refractivity contribution in [1.82, 2.24) is 20.4 Å². The SMILES string of the molecule is CC(CNC(=O)NCCn1cccn1)C(=O)O. The van der Waals surface area contributed by atoms with Gasteiger partial charge in [-0.3, -0.25) is 9.48 Å². The maximum absolute atomic E-state index is 11.3. The topological polar surface area (TPSA) is 96.3 Å². The van der Waals surface area contributed by atoms with Gasteiger partial charge in [-0.25, -0.2) is 4.79 Å². The van der Waals surface area contributed by atoms with Crippen molar-refractivity contribution in [2.24, 2.45) is 5.92 Å². The number of carbonyl (C=O) groups excluding carboxylic acids is 1. The third-order valence-corrected chi connectivity index (χ3v) is 2.18. The summed E-state index contributed by atoms with van der Waals surface area (Å²) in [5.41, 5.74) is 0. The molecule has 7 heteroatoms. The summed E-state index contributed by atoms with van der Waals surface area (Å²) in [4.78, 5) is 21.8. The third-order valence-electron chi connectivity index (χ3n) is 2.18. The van der Waals surface area contributed by atoms with Gasteiger partial charge in [0.1, 0.15) is 0 Å². The molecule has 1 aromatic heterocycles. The summed E-state index contributed by atoms with van der Waals surface area (Å²) in [5.74, 6) is -1.52. The molecule has 3 N–H and O–H groups in total. The fraction of sp³-hybridized carbons (Fsp3) is 0.500. The Kier molecular flexibility index (Phi) is 4.99. The third kappa shape index (κ3) is 5.01. The second-order valence-corrected chi connectivity index (χ2v) is 3.65. The van der Waals surface area contributed by atoms with Crippen molar-refractivity contribution < 1.29 is 14.7 Å². The number of amides is 2. The van der Waals surface area contributed by atoms with Gasteiger partial charge in [0.2, 0.25) is 0 Å². The van der Waals surface area contributed by atoms with Gasteiger partial charge in [-0.2, -0.15) is 5.10 Å². The number of carboxylic acids is 1. The molecule has 0 aliphatic rings. The zero-order valence-electron chi connectivity index (χ0n) is 9.59. The van der Waals surface area contributed by atoms with Crippen LogP contribution >= 0.6 is 0 Å². The van der Waals surface area contributed by atoms with Gasteiger partial charge in [-0.1, -0.05) is 6.92 Å². The van der Waals surface area contributed by atoms with E-state index in [0.717, 1.165) is 0 Å². The maximum atomic E-state index is 11.3. The van der Waals surface area contributed by atoms with Crippen molar-refractivity contribution in [3.05, 3.63) is 18.5 Å². The van der Waals surface area contributed by atoms with Crippen LogP contribution in [0.5, 0.6) is 0 Å². The molecule has 17 heavy (non-hydrogen) atoms. The molecule has 0 spiro atoms. The average molecular weight is 240 g/mol. The summed E-state index contributed by atoms with van der Waals surface area (Å²) in [5, 5.41) is 17.7. The van der Waals surface area contributed by atoms with E-state index in [1.165, 1.54) is 6.92 Å². The fourth-order valence-electron chi connectivity index (χ4n) is 1.11. The molecule has 1 aromatic rings. The summed E-state index contributed by atoms with van der Waals surface area (Å²) < 4.78 is 1.69. The lowest BCUT2D eigenvalue weighted by molar-refractivity contribution is -0.140. The molecule has 0 aliphatic carbocycles. The van der Waals surface area contributed by atoms with Crippen LogP contribution in [0.4, 0.5) is 4.79 Å². The van der Waals surface area contributed by atoms with Gasteiger partial charge in [0.25, 0.3) is 0 Å². The number of nitrogens with one attached hydrogen (secondary N) is 2. The van der Waals surface area contributed by atoms with Crippen molar-refractivity contribution >= 4 is 12.0 Å². The Morgan fingerprint density at radius 2 is 2.24 bits per heavy atom. The van der Waals surface area contributed by atoms with Crippen LogP contribution in [0.2, 0.25) is 0 Å². The van der Waals surface area contributed by atoms with Crippen molar-refractivity contribution in [3.8, 4) is 0 Å². The van der Waals surface area contributed by atoms with Crippen LogP contribution in [0, 0.1) is 5.92 Å². The van der Waals surface area contributed by atoms with E-state index in [1.54, 1.807) is 23.1 Å². The smallest absolute Gasteiger partial charge is 0.314 e. The molecule has 1 unspecified atom stereocenters. The van der Waals surface area contributed by atoms with Crippen molar-refractivity contribution in [2.75, 3.05) is 13.1 Å². The molecule has 2 amide bonds. The molecule has 7 nitrogen and oxygen atoms in total. The monoisotopic (exact) mass is 240 g/mol. The zero-order valence-corrected chi connectivity index (χ0v) is 9.59. The highest BCUT2D eigenvalue weighted by molar-refractivity contribution is 5.75. The Hall–Kier alpha value is -2.05. The normalized spacial score (nSPS) is 11.8. The highest BCUT2D eigenvalue weighted by Crippen LogP contribution is 1.90. The molecule has 1 heterocycles. The number of carbonyl (C=O) groups is 2. The molecule has 1 rings (SSSR count). The van der Waals surface area contributed by atoms with Crippen LogP contribution in [0.3, 0.4) is 0 Å². The molecule has 0 saturated heterocycles. The summed E-state index contributed by atoms with van der Waals surface area (Å²) in [7, 11) is 0. The summed E-state index contributed by atoms with van der Waals surface area (Å²) >= 11 is 0. The van der Waals surface area contributed by atoms with Crippen molar-refractivity contribution in [1.29, 1.82) is 0 Å². The number of aromatic nitrogens is 2. The summed E-state index contributed by atoms with van der Waals surface area (Å²) in [6.45, 7) is 2.67. The van der Waals surface area contributed by atoms with Crippen LogP contribution < -0.4 is 10.6 Å². The molecular weight excluding hydrogens is 224 g/mol. The highest BCUT2D eigenvalue weighted by atomic mass is 16.4. The summed E-state index contributed by atoms with van der Waals surface area (Å²) in [6, 6.07) is 1.43. The minimum atomic E-state index is -0.929. The molecule has 0 bridgehead atoms. The van der Waals surface area contributed by atoms with Gasteiger partial charge < -0.3 is 15.7 Å². The Balaban J connectivity index is 2.11. The minimum absolute atomic E-state index is 0.114. The fourth-order valence-corrected chi connectivity index (χ4v) is 1.11. The van der Waals surface area contributed by atoms with E-state index < -0.39 is 11.9 Å². The number of hydrogen-bond donors (Lipinski definition) is 3. The van der Waals surface area contributed by atoms with Gasteiger partial charge >= 0.3 is 12.0 Å². The van der Waals surface area contributed by atoms with Gasteiger partial charge in [0.15, 0.2) is 0 Å². The Morgan fingerprint density at radius 1 is 1.47 bits per heavy atom. The lowest BCUT2D eigenvalue weighted by Gasteiger charge is -2.09. The Morgan fingerprint density at radius 3 is 2.82 bits per heavy atom. The van der Waals surface area contributed by atoms with Crippen LogP contribution in [-0.4, -0.2) is 40.0 Å². The van der Waals surface area contributed by atoms with Crippen LogP contribution in [0.15, 0.2) is 18.5 Å². The minimum Gasteiger partial charge on any atom is -0.481 e. The number of hydrogen-bond acceptors (Lipinski definition) is 3. The molecule has 0 fully saturated rings. The van der Waals surface area contributed by atoms with Crippen LogP contribution in [0.25, 0.3) is 0 Å². The van der Waals surface area contributed by atoms with E-state index in [1.807, 2.05) is 0 Å². The first-order valence-corrected chi connectivity index (χ1v) is 5.31. The summed E-state index contributed by atoms with van der Waals surface area (Å²) in [6.07, 6.45) is 3.46. The molecule has 0 saturated carbocycles. The van der Waals surface area contributed by atoms with E-state index in [2.05, 4.69) is 15.7 Å². The van der Waals surface area contributed by atoms with E-state index in [-0.39, 0.29) is 12.6 Å². The second-order valence-electron chi connectivity index (χ2n) is 3.65. The Labute approximate surface area is 98.8 Å². The van der Waals surface area contributed by atoms with E-state index in [0.29, 0.717) is 13.1 Å². The van der Waals surface area contributed by atoms with Gasteiger partial charge in [0, 0.05) is 25.5 Å². The first-order valence-electron chi connectivity index (χ1n) is 5.31. The van der Waals surface area contributed by atoms with Crippen molar-refractivity contribution in [2.45, 2.75) is 13.5 Å². The lowest BCUT2D eigenvalue weighted by Crippen LogP contribution is -2.40. The molecule has 94 valence electrons. The second kappa shape index (κ2) is 6.51. The zero-order chi connectivity index (χ0) is 12.7. The molecule has 1 atom stereocenters. The van der Waals surface area contributed by atoms with Crippen LogP contribution in [-0.2, 0) is 11.3 Å². The van der Waals surface area contributed by atoms with Crippen molar-refractivity contribution in [3.63, 3.8) is 0 Å². The molecule has 0 radical (unpaired) electrons. The average Bonchev–Trinajstić information content (AvgIpc) is 2.78. The lowest BCUT2D eigenvalue weighted by atomic mass is 10.2. The number of urea groups is 1. The maximum Gasteiger partial charge on any atom is 0.314 e. The Bertz CT molecular complexity index is 364. The van der Waals surface area contributed by atoms with E-state index in [9.17, 15) is 9.59 Å². The first-order chi connectivity index (χ1) is 8.09. The van der Waals surface area contributed by atoms with Gasteiger partial charge in [-0.15, -0.1) is 0 Å². The predicted molar refractivity (Wildman–Crippen MR) is 60.4 cm³/mol. The van der Waals surface area contributed by atoms with Gasteiger partial charge in [-0.05, 0) is 6.07 Å². The first kappa shape index (κ1) is 13.0. The predicted octanol–water partition coefficient (Wildman–Crippen LogP) is -0.0970. The van der Waals surface area contributed by atoms with E-state index >= 15 is 0 Å². The van der Waals surface area contributed by atoms with Crippen LogP contribution in [0.1, 0.15) is 6.92 Å². The van der Waals surface area contributed by atoms with E-state index in [4.69, 9.17) is 5.11 Å². The molecule has 0 aromatic carbocycles. The number of aliphatic carboxylic acids is 1.